The van der Waals surface area contributed by atoms with Gasteiger partial charge in [-0.1, -0.05) is 66.0 Å². The maximum atomic E-state index is 14.1. The largest absolute Gasteiger partial charge is 0.446 e. The van der Waals surface area contributed by atoms with Crippen molar-refractivity contribution in [2.45, 2.75) is 223 Å². The lowest BCUT2D eigenvalue weighted by Crippen LogP contribution is -2.51. The number of amides is 4. The minimum Gasteiger partial charge on any atom is -0.446 e. The topological polar surface area (TPSA) is 136 Å². The molecule has 9 atom stereocenters. The highest BCUT2D eigenvalue weighted by Crippen LogP contribution is 2.67. The molecular formula is C55H98N4O8. The summed E-state index contributed by atoms with van der Waals surface area (Å²) < 4.78 is 22.9. The number of carbonyl (C=O) groups excluding carboxylic acids is 4. The van der Waals surface area contributed by atoms with Gasteiger partial charge in [0, 0.05) is 45.7 Å². The smallest absolute Gasteiger partial charge is 0.410 e. The Hall–Kier alpha value is -3.18. The second-order valence-electron chi connectivity index (χ2n) is 24.9. The first-order valence-electron chi connectivity index (χ1n) is 26.7. The average Bonchev–Trinajstić information content (AvgIpc) is 3.56. The van der Waals surface area contributed by atoms with Gasteiger partial charge >= 0.3 is 24.4 Å². The third-order valence-electron chi connectivity index (χ3n) is 16.1. The summed E-state index contributed by atoms with van der Waals surface area (Å²) in [5.74, 6) is 5.45. The second-order valence-corrected chi connectivity index (χ2v) is 24.9. The molecule has 0 bridgehead atoms. The van der Waals surface area contributed by atoms with Crippen molar-refractivity contribution in [3.63, 3.8) is 0 Å². The summed E-state index contributed by atoms with van der Waals surface area (Å²) in [6.07, 6.45) is 16.3. The van der Waals surface area contributed by atoms with Gasteiger partial charge in [0.05, 0.1) is 0 Å². The van der Waals surface area contributed by atoms with E-state index in [0.29, 0.717) is 76.3 Å². The molecule has 4 aliphatic carbocycles. The van der Waals surface area contributed by atoms with E-state index in [1.807, 2.05) is 62.3 Å². The average molecular weight is 943 g/mol. The highest BCUT2D eigenvalue weighted by Gasteiger charge is 2.59. The molecule has 3 fully saturated rings. The number of nitrogens with zero attached hydrogens (tertiary/aromatic N) is 2. The normalized spacial score (nSPS) is 27.0. The maximum absolute atomic E-state index is 14.1. The molecule has 0 aliphatic heterocycles. The number of alkyl carbamates (subject to hydrolysis) is 2. The molecule has 0 aromatic carbocycles. The quantitative estimate of drug-likeness (QED) is 0.0700. The summed E-state index contributed by atoms with van der Waals surface area (Å²) in [6, 6.07) is 0. The van der Waals surface area contributed by atoms with Crippen molar-refractivity contribution in [3.8, 4) is 0 Å². The molecule has 0 spiro atoms. The lowest BCUT2D eigenvalue weighted by Gasteiger charge is -2.58. The molecule has 67 heavy (non-hydrogen) atoms. The van der Waals surface area contributed by atoms with Gasteiger partial charge in [0.15, 0.2) is 0 Å². The molecule has 4 amide bonds. The monoisotopic (exact) mass is 943 g/mol. The molecule has 0 heterocycles. The minimum absolute atomic E-state index is 0.154. The van der Waals surface area contributed by atoms with Crippen LogP contribution in [0.15, 0.2) is 11.6 Å². The number of unbranched alkanes of at least 4 members (excludes halogenated alkanes) is 1. The Balaban J connectivity index is 1.37. The third kappa shape index (κ3) is 16.7. The van der Waals surface area contributed by atoms with E-state index in [1.54, 1.807) is 9.80 Å². The summed E-state index contributed by atoms with van der Waals surface area (Å²) in [4.78, 5) is 55.4. The number of ether oxygens (including phenoxy) is 4. The number of rotatable bonds is 20. The van der Waals surface area contributed by atoms with Crippen LogP contribution in [0, 0.1) is 52.3 Å². The Kier molecular flexibility index (Phi) is 20.3. The summed E-state index contributed by atoms with van der Waals surface area (Å²) in [5, 5.41) is 5.60. The Morgan fingerprint density at radius 1 is 0.687 bits per heavy atom. The third-order valence-corrected chi connectivity index (χ3v) is 16.1. The van der Waals surface area contributed by atoms with E-state index < -0.39 is 35.1 Å². The van der Waals surface area contributed by atoms with Crippen molar-refractivity contribution in [1.82, 2.24) is 20.4 Å². The van der Waals surface area contributed by atoms with Crippen LogP contribution in [0.1, 0.15) is 200 Å². The first kappa shape index (κ1) is 56.4. The lowest BCUT2D eigenvalue weighted by atomic mass is 9.47. The van der Waals surface area contributed by atoms with Gasteiger partial charge in [-0.25, -0.2) is 19.2 Å². The molecule has 12 nitrogen and oxygen atoms in total. The molecule has 0 aromatic rings. The van der Waals surface area contributed by atoms with Crippen molar-refractivity contribution >= 4 is 24.4 Å². The van der Waals surface area contributed by atoms with Crippen molar-refractivity contribution in [3.05, 3.63) is 11.6 Å². The summed E-state index contributed by atoms with van der Waals surface area (Å²) >= 11 is 0. The van der Waals surface area contributed by atoms with Crippen molar-refractivity contribution in [2.24, 2.45) is 52.3 Å². The van der Waals surface area contributed by atoms with Crippen LogP contribution < -0.4 is 10.6 Å². The highest BCUT2D eigenvalue weighted by molar-refractivity contribution is 5.69. The van der Waals surface area contributed by atoms with E-state index in [-0.39, 0.29) is 17.6 Å². The van der Waals surface area contributed by atoms with Crippen molar-refractivity contribution in [2.75, 3.05) is 39.3 Å². The Morgan fingerprint density at radius 3 is 1.75 bits per heavy atom. The fourth-order valence-electron chi connectivity index (χ4n) is 12.7. The minimum atomic E-state index is -0.661. The van der Waals surface area contributed by atoms with Gasteiger partial charge in [-0.05, 0) is 192 Å². The number of carbonyl (C=O) groups is 4. The predicted molar refractivity (Wildman–Crippen MR) is 269 cm³/mol. The fraction of sp³-hybridized carbons (Fsp3) is 0.891. The summed E-state index contributed by atoms with van der Waals surface area (Å²) in [5.41, 5.74) is 0.230. The molecule has 0 saturated heterocycles. The number of allylic oxidation sites excluding steroid dienone is 1. The van der Waals surface area contributed by atoms with Crippen LogP contribution in [0.3, 0.4) is 0 Å². The van der Waals surface area contributed by atoms with Gasteiger partial charge in [0.1, 0.15) is 22.9 Å². The number of fused-ring (bicyclic) bond motifs is 5. The summed E-state index contributed by atoms with van der Waals surface area (Å²) in [7, 11) is 0. The van der Waals surface area contributed by atoms with Crippen LogP contribution in [-0.4, -0.2) is 96.3 Å². The van der Waals surface area contributed by atoms with Crippen molar-refractivity contribution in [1.29, 1.82) is 0 Å². The van der Waals surface area contributed by atoms with Gasteiger partial charge in [0.25, 0.3) is 0 Å². The van der Waals surface area contributed by atoms with Crippen molar-refractivity contribution < 1.29 is 38.1 Å². The molecule has 386 valence electrons. The first-order chi connectivity index (χ1) is 31.2. The van der Waals surface area contributed by atoms with Crippen LogP contribution in [0.4, 0.5) is 19.2 Å². The molecule has 0 aromatic heterocycles. The zero-order valence-corrected chi connectivity index (χ0v) is 45.2. The summed E-state index contributed by atoms with van der Waals surface area (Å²) in [6.45, 7) is 33.8. The molecule has 12 heteroatoms. The Morgan fingerprint density at radius 2 is 1.22 bits per heavy atom. The van der Waals surface area contributed by atoms with Crippen LogP contribution in [0.25, 0.3) is 0 Å². The van der Waals surface area contributed by atoms with E-state index in [0.717, 1.165) is 61.2 Å². The molecule has 2 N–H and O–H groups in total. The van der Waals surface area contributed by atoms with E-state index in [2.05, 4.69) is 58.3 Å². The highest BCUT2D eigenvalue weighted by atomic mass is 16.6. The van der Waals surface area contributed by atoms with Crippen LogP contribution in [0.2, 0.25) is 0 Å². The van der Waals surface area contributed by atoms with E-state index in [9.17, 15) is 19.2 Å². The van der Waals surface area contributed by atoms with E-state index in [4.69, 9.17) is 18.9 Å². The molecule has 4 aliphatic rings. The molecular weight excluding hydrogens is 845 g/mol. The maximum Gasteiger partial charge on any atom is 0.410 e. The SMILES string of the molecule is CC[C@H](CC[C@@H](C)[C@H]1CC[C@H]2[C@@H]3CC=C4C[C@@H](OC(=O)N(CCCCN(CCCNC(=O)OC(C)(C)C)C(=O)OC(C)(C)C)CCCNC(=O)OC(C)(C)C)CC[C@]4(C)[C@H]3CC[C@]12C)C(C)C. The van der Waals surface area contributed by atoms with Crippen LogP contribution in [0.5, 0.6) is 0 Å². The number of hydrogen-bond donors (Lipinski definition) is 2. The second kappa shape index (κ2) is 24.1. The van der Waals surface area contributed by atoms with Gasteiger partial charge < -0.3 is 39.4 Å². The van der Waals surface area contributed by atoms with Gasteiger partial charge in [-0.3, -0.25) is 0 Å². The molecule has 4 rings (SSSR count). The zero-order valence-electron chi connectivity index (χ0n) is 45.2. The predicted octanol–water partition coefficient (Wildman–Crippen LogP) is 13.3. The van der Waals surface area contributed by atoms with Crippen LogP contribution in [-0.2, 0) is 18.9 Å². The molecule has 0 unspecified atom stereocenters. The van der Waals surface area contributed by atoms with E-state index >= 15 is 0 Å². The lowest BCUT2D eigenvalue weighted by molar-refractivity contribution is -0.0595. The molecule has 3 saturated carbocycles. The number of hydrogen-bond acceptors (Lipinski definition) is 8. The fourth-order valence-corrected chi connectivity index (χ4v) is 12.7. The number of nitrogens with one attached hydrogen (secondary N) is 2. The van der Waals surface area contributed by atoms with Gasteiger partial charge in [0.2, 0.25) is 0 Å². The van der Waals surface area contributed by atoms with E-state index in [1.165, 1.54) is 50.5 Å². The Bertz CT molecular complexity index is 1640. The standard InChI is InChI=1S/C55H98N4O8/c1-16-40(38(2)3)22-21-39(4)44-25-26-45-43-24-23-41-37-42(27-29-54(41,14)46(43)28-30-55(44,45)15)64-49(62)58(35-19-31-56-47(60)65-51(5,6)7)33-17-18-34-59(50(63)67-53(11,12)13)36-20-32-57-48(61)66-52(8,9)10/h23,38-40,42-46H,16-22,24-37H2,1-15H3,(H,56,60)(H,57,61)/t39-,40-,42+,43+,44-,45+,46+,54+,55-/m1/s1. The molecule has 0 radical (unpaired) electrons. The van der Waals surface area contributed by atoms with Crippen LogP contribution >= 0.6 is 0 Å². The van der Waals surface area contributed by atoms with Gasteiger partial charge in [-0.2, -0.15) is 0 Å². The first-order valence-corrected chi connectivity index (χ1v) is 26.7. The van der Waals surface area contributed by atoms with Gasteiger partial charge in [-0.15, -0.1) is 0 Å². The Labute approximate surface area is 407 Å². The zero-order chi connectivity index (χ0) is 50.0.